The van der Waals surface area contributed by atoms with Crippen molar-refractivity contribution >= 4 is 12.1 Å². The number of methoxy groups -OCH3 is 2. The third kappa shape index (κ3) is 3.91. The predicted molar refractivity (Wildman–Crippen MR) is 84.4 cm³/mol. The number of carbonyl (C=O) groups excluding carboxylic acids is 1. The van der Waals surface area contributed by atoms with E-state index in [1.807, 2.05) is 0 Å². The number of aromatic hydroxyl groups is 2. The zero-order valence-electron chi connectivity index (χ0n) is 12.6. The SMILES string of the molecule is COc1ccc(OC)c(/C=N/NC(=O)c2ccc(O)c(O)c2)c1. The van der Waals surface area contributed by atoms with Gasteiger partial charge in [0, 0.05) is 11.1 Å². The fourth-order valence-electron chi connectivity index (χ4n) is 1.83. The molecule has 0 radical (unpaired) electrons. The minimum Gasteiger partial charge on any atom is -0.504 e. The molecule has 2 aromatic rings. The molecule has 120 valence electrons. The van der Waals surface area contributed by atoms with Crippen LogP contribution in [0.4, 0.5) is 0 Å². The van der Waals surface area contributed by atoms with Crippen LogP contribution in [-0.4, -0.2) is 36.6 Å². The highest BCUT2D eigenvalue weighted by molar-refractivity contribution is 5.95. The summed E-state index contributed by atoms with van der Waals surface area (Å²) >= 11 is 0. The Morgan fingerprint density at radius 1 is 1.09 bits per heavy atom. The maximum atomic E-state index is 11.9. The van der Waals surface area contributed by atoms with Gasteiger partial charge in [0.15, 0.2) is 11.5 Å². The number of hydrazone groups is 1. The van der Waals surface area contributed by atoms with Crippen LogP contribution in [0.5, 0.6) is 23.0 Å². The number of hydrogen-bond acceptors (Lipinski definition) is 6. The molecule has 0 atom stereocenters. The highest BCUT2D eigenvalue weighted by Crippen LogP contribution is 2.25. The Morgan fingerprint density at radius 3 is 2.52 bits per heavy atom. The van der Waals surface area contributed by atoms with E-state index in [0.29, 0.717) is 17.1 Å². The standard InChI is InChI=1S/C16H16N2O5/c1-22-12-4-6-15(23-2)11(7-12)9-17-18-16(21)10-3-5-13(19)14(20)8-10/h3-9,19-20H,1-2H3,(H,18,21)/b17-9+. The van der Waals surface area contributed by atoms with Crippen molar-refractivity contribution in [3.8, 4) is 23.0 Å². The third-order valence-electron chi connectivity index (χ3n) is 3.04. The number of nitrogens with one attached hydrogen (secondary N) is 1. The van der Waals surface area contributed by atoms with Crippen molar-refractivity contribution in [3.05, 3.63) is 47.5 Å². The Labute approximate surface area is 132 Å². The van der Waals surface area contributed by atoms with Gasteiger partial charge in [-0.25, -0.2) is 5.43 Å². The molecule has 0 unspecified atom stereocenters. The summed E-state index contributed by atoms with van der Waals surface area (Å²) in [7, 11) is 3.07. The van der Waals surface area contributed by atoms with Crippen molar-refractivity contribution in [3.63, 3.8) is 0 Å². The number of ether oxygens (including phenoxy) is 2. The van der Waals surface area contributed by atoms with E-state index >= 15 is 0 Å². The quantitative estimate of drug-likeness (QED) is 0.444. The number of carbonyl (C=O) groups is 1. The van der Waals surface area contributed by atoms with E-state index in [2.05, 4.69) is 10.5 Å². The lowest BCUT2D eigenvalue weighted by Crippen LogP contribution is -2.17. The van der Waals surface area contributed by atoms with E-state index in [9.17, 15) is 15.0 Å². The van der Waals surface area contributed by atoms with Crippen LogP contribution >= 0.6 is 0 Å². The van der Waals surface area contributed by atoms with Gasteiger partial charge in [0.1, 0.15) is 11.5 Å². The van der Waals surface area contributed by atoms with Gasteiger partial charge in [0.2, 0.25) is 0 Å². The molecule has 0 aliphatic heterocycles. The first-order valence-corrected chi connectivity index (χ1v) is 6.62. The smallest absolute Gasteiger partial charge is 0.271 e. The van der Waals surface area contributed by atoms with Crippen molar-refractivity contribution in [1.29, 1.82) is 0 Å². The predicted octanol–water partition coefficient (Wildman–Crippen LogP) is 1.88. The van der Waals surface area contributed by atoms with Gasteiger partial charge in [-0.1, -0.05) is 0 Å². The van der Waals surface area contributed by atoms with Crippen LogP contribution in [-0.2, 0) is 0 Å². The molecule has 7 heteroatoms. The summed E-state index contributed by atoms with van der Waals surface area (Å²) < 4.78 is 10.3. The van der Waals surface area contributed by atoms with Crippen molar-refractivity contribution in [2.75, 3.05) is 14.2 Å². The molecule has 0 saturated carbocycles. The summed E-state index contributed by atoms with van der Waals surface area (Å²) in [6.45, 7) is 0. The second kappa shape index (κ2) is 7.17. The second-order valence-corrected chi connectivity index (χ2v) is 4.51. The summed E-state index contributed by atoms with van der Waals surface area (Å²) in [6.07, 6.45) is 1.42. The Kier molecular flexibility index (Phi) is 5.03. The Bertz CT molecular complexity index is 743. The lowest BCUT2D eigenvalue weighted by atomic mass is 10.2. The molecule has 0 spiro atoms. The van der Waals surface area contributed by atoms with Gasteiger partial charge in [-0.15, -0.1) is 0 Å². The van der Waals surface area contributed by atoms with E-state index in [1.165, 1.54) is 25.5 Å². The van der Waals surface area contributed by atoms with Gasteiger partial charge in [-0.2, -0.15) is 5.10 Å². The van der Waals surface area contributed by atoms with Crippen molar-refractivity contribution in [2.24, 2.45) is 5.10 Å². The minimum absolute atomic E-state index is 0.162. The van der Waals surface area contributed by atoms with Crippen molar-refractivity contribution in [1.82, 2.24) is 5.43 Å². The molecule has 23 heavy (non-hydrogen) atoms. The van der Waals surface area contributed by atoms with Crippen molar-refractivity contribution in [2.45, 2.75) is 0 Å². The molecule has 0 saturated heterocycles. The van der Waals surface area contributed by atoms with Gasteiger partial charge < -0.3 is 19.7 Å². The van der Waals surface area contributed by atoms with Gasteiger partial charge in [0.25, 0.3) is 5.91 Å². The first-order chi connectivity index (χ1) is 11.0. The monoisotopic (exact) mass is 316 g/mol. The summed E-state index contributed by atoms with van der Waals surface area (Å²) in [5.41, 5.74) is 3.11. The van der Waals surface area contributed by atoms with Crippen LogP contribution in [0.1, 0.15) is 15.9 Å². The molecule has 0 heterocycles. The summed E-state index contributed by atoms with van der Waals surface area (Å²) in [5.74, 6) is -0.00575. The first-order valence-electron chi connectivity index (χ1n) is 6.62. The van der Waals surface area contributed by atoms with Crippen LogP contribution in [0.25, 0.3) is 0 Å². The normalized spacial score (nSPS) is 10.5. The Morgan fingerprint density at radius 2 is 1.87 bits per heavy atom. The van der Waals surface area contributed by atoms with Gasteiger partial charge >= 0.3 is 0 Å². The average molecular weight is 316 g/mol. The number of rotatable bonds is 5. The maximum Gasteiger partial charge on any atom is 0.271 e. The molecule has 2 rings (SSSR count). The number of phenols is 2. The van der Waals surface area contributed by atoms with E-state index in [0.717, 1.165) is 6.07 Å². The van der Waals surface area contributed by atoms with E-state index in [-0.39, 0.29) is 17.1 Å². The zero-order valence-corrected chi connectivity index (χ0v) is 12.6. The number of benzene rings is 2. The lowest BCUT2D eigenvalue weighted by Gasteiger charge is -2.07. The number of amides is 1. The van der Waals surface area contributed by atoms with Crippen LogP contribution in [0.2, 0.25) is 0 Å². The van der Waals surface area contributed by atoms with Crippen LogP contribution in [0.3, 0.4) is 0 Å². The van der Waals surface area contributed by atoms with Crippen molar-refractivity contribution < 1.29 is 24.5 Å². The molecule has 0 aliphatic rings. The molecule has 7 nitrogen and oxygen atoms in total. The van der Waals surface area contributed by atoms with Crippen LogP contribution in [0, 0.1) is 0 Å². The van der Waals surface area contributed by atoms with Crippen LogP contribution < -0.4 is 14.9 Å². The maximum absolute atomic E-state index is 11.9. The molecule has 0 aliphatic carbocycles. The fraction of sp³-hybridized carbons (Fsp3) is 0.125. The summed E-state index contributed by atoms with van der Waals surface area (Å²) in [6, 6.07) is 8.91. The Balaban J connectivity index is 2.11. The molecular formula is C16H16N2O5. The third-order valence-corrected chi connectivity index (χ3v) is 3.04. The largest absolute Gasteiger partial charge is 0.504 e. The van der Waals surface area contributed by atoms with E-state index in [4.69, 9.17) is 9.47 Å². The zero-order chi connectivity index (χ0) is 16.8. The van der Waals surface area contributed by atoms with Gasteiger partial charge in [-0.05, 0) is 36.4 Å². The number of phenolic OH excluding ortho intramolecular Hbond substituents is 2. The molecule has 0 aromatic heterocycles. The minimum atomic E-state index is -0.529. The molecule has 3 N–H and O–H groups in total. The summed E-state index contributed by atoms with van der Waals surface area (Å²) in [5, 5.41) is 22.4. The first kappa shape index (κ1) is 16.2. The molecular weight excluding hydrogens is 300 g/mol. The highest BCUT2D eigenvalue weighted by Gasteiger charge is 2.08. The molecule has 1 amide bonds. The fourth-order valence-corrected chi connectivity index (χ4v) is 1.83. The van der Waals surface area contributed by atoms with E-state index in [1.54, 1.807) is 25.3 Å². The Hall–Kier alpha value is -3.22. The molecule has 2 aromatic carbocycles. The lowest BCUT2D eigenvalue weighted by molar-refractivity contribution is 0.0954. The van der Waals surface area contributed by atoms with Gasteiger partial charge in [0.05, 0.1) is 20.4 Å². The number of nitrogens with zero attached hydrogens (tertiary/aromatic N) is 1. The van der Waals surface area contributed by atoms with E-state index < -0.39 is 5.91 Å². The molecule has 0 fully saturated rings. The topological polar surface area (TPSA) is 100 Å². The molecule has 0 bridgehead atoms. The average Bonchev–Trinajstić information content (AvgIpc) is 2.57. The van der Waals surface area contributed by atoms with Gasteiger partial charge in [-0.3, -0.25) is 4.79 Å². The second-order valence-electron chi connectivity index (χ2n) is 4.51. The van der Waals surface area contributed by atoms with Crippen LogP contribution in [0.15, 0.2) is 41.5 Å². The summed E-state index contributed by atoms with van der Waals surface area (Å²) in [4.78, 5) is 11.9. The highest BCUT2D eigenvalue weighted by atomic mass is 16.5. The number of hydrogen-bond donors (Lipinski definition) is 3.